The van der Waals surface area contributed by atoms with Crippen LogP contribution in [0.4, 0.5) is 0 Å². The Balaban J connectivity index is 1.84. The van der Waals surface area contributed by atoms with Crippen LogP contribution in [0.15, 0.2) is 60.2 Å². The topological polar surface area (TPSA) is 26.3 Å². The highest BCUT2D eigenvalue weighted by molar-refractivity contribution is 6.09. The van der Waals surface area contributed by atoms with E-state index < -0.39 is 0 Å². The molecule has 20 heavy (non-hydrogen) atoms. The smallest absolute Gasteiger partial charge is 0.191 e. The first-order valence-electron chi connectivity index (χ1n) is 6.72. The van der Waals surface area contributed by atoms with Gasteiger partial charge in [0.2, 0.25) is 0 Å². The summed E-state index contributed by atoms with van der Waals surface area (Å²) < 4.78 is 5.19. The molecule has 0 aliphatic carbocycles. The minimum atomic E-state index is 0.0676. The third-order valence-corrected chi connectivity index (χ3v) is 3.53. The van der Waals surface area contributed by atoms with Crippen molar-refractivity contribution in [3.63, 3.8) is 0 Å². The van der Waals surface area contributed by atoms with Gasteiger partial charge in [0.25, 0.3) is 0 Å². The van der Waals surface area contributed by atoms with Gasteiger partial charge in [-0.3, -0.25) is 4.79 Å². The van der Waals surface area contributed by atoms with Crippen molar-refractivity contribution in [1.29, 1.82) is 0 Å². The van der Waals surface area contributed by atoms with Gasteiger partial charge in [-0.2, -0.15) is 0 Å². The van der Waals surface area contributed by atoms with Gasteiger partial charge in [-0.15, -0.1) is 0 Å². The highest BCUT2D eigenvalue weighted by Gasteiger charge is 2.15. The van der Waals surface area contributed by atoms with Crippen molar-refractivity contribution < 1.29 is 9.53 Å². The number of ketones is 1. The molecular weight excluding hydrogens is 248 g/mol. The second-order valence-corrected chi connectivity index (χ2v) is 5.02. The van der Waals surface area contributed by atoms with Crippen LogP contribution in [0, 0.1) is 6.92 Å². The lowest BCUT2D eigenvalue weighted by molar-refractivity contribution is 0.101. The van der Waals surface area contributed by atoms with Crippen molar-refractivity contribution in [2.75, 3.05) is 13.2 Å². The number of benzene rings is 2. The van der Waals surface area contributed by atoms with Gasteiger partial charge in [0, 0.05) is 11.1 Å². The molecule has 2 aromatic rings. The molecule has 1 heterocycles. The monoisotopic (exact) mass is 264 g/mol. The normalized spacial score (nSPS) is 14.2. The summed E-state index contributed by atoms with van der Waals surface area (Å²) >= 11 is 0. The summed E-state index contributed by atoms with van der Waals surface area (Å²) in [4.78, 5) is 12.2. The Bertz CT molecular complexity index is 649. The summed E-state index contributed by atoms with van der Waals surface area (Å²) in [5.74, 6) is 0.0676. The predicted molar refractivity (Wildman–Crippen MR) is 79.8 cm³/mol. The molecule has 2 nitrogen and oxygen atoms in total. The number of carbonyl (C=O) groups is 1. The fourth-order valence-corrected chi connectivity index (χ4v) is 2.29. The lowest BCUT2D eigenvalue weighted by Gasteiger charge is -2.05. The molecule has 0 saturated carbocycles. The van der Waals surface area contributed by atoms with E-state index in [0.29, 0.717) is 13.2 Å². The number of carbonyl (C=O) groups excluding carboxylic acids is 1. The molecule has 3 rings (SSSR count). The summed E-state index contributed by atoms with van der Waals surface area (Å²) in [6.45, 7) is 3.05. The van der Waals surface area contributed by atoms with Gasteiger partial charge in [-0.05, 0) is 24.1 Å². The summed E-state index contributed by atoms with van der Waals surface area (Å²) in [5, 5.41) is 0. The molecular formula is C18H16O2. The van der Waals surface area contributed by atoms with E-state index in [1.165, 1.54) is 5.56 Å². The van der Waals surface area contributed by atoms with Gasteiger partial charge >= 0.3 is 0 Å². The molecule has 0 bridgehead atoms. The lowest BCUT2D eigenvalue weighted by Crippen LogP contribution is -2.04. The maximum atomic E-state index is 12.2. The van der Waals surface area contributed by atoms with Gasteiger partial charge in [0.1, 0.15) is 0 Å². The zero-order chi connectivity index (χ0) is 13.9. The van der Waals surface area contributed by atoms with Crippen LogP contribution in [0.1, 0.15) is 15.9 Å². The largest absolute Gasteiger partial charge is 0.373 e. The Morgan fingerprint density at radius 3 is 2.10 bits per heavy atom. The molecule has 1 aliphatic rings. The number of ether oxygens (including phenoxy) is 1. The minimum absolute atomic E-state index is 0.0676. The van der Waals surface area contributed by atoms with Crippen LogP contribution in [0.3, 0.4) is 0 Å². The van der Waals surface area contributed by atoms with Crippen molar-refractivity contribution in [2.45, 2.75) is 6.92 Å². The van der Waals surface area contributed by atoms with Crippen LogP contribution < -0.4 is 0 Å². The number of Topliss-reactive ketones (excluding diaryl/α,β-unsaturated/α-hetero) is 1. The second-order valence-electron chi connectivity index (χ2n) is 5.02. The van der Waals surface area contributed by atoms with E-state index in [2.05, 4.69) is 31.2 Å². The van der Waals surface area contributed by atoms with Crippen molar-refractivity contribution in [2.24, 2.45) is 0 Å². The SMILES string of the molecule is Cc1ccc(-c2ccc(C(=O)C3=CCOC3)cc2)cc1. The predicted octanol–water partition coefficient (Wildman–Crippen LogP) is 3.80. The maximum Gasteiger partial charge on any atom is 0.191 e. The Morgan fingerprint density at radius 2 is 1.55 bits per heavy atom. The molecule has 0 spiro atoms. The fourth-order valence-electron chi connectivity index (χ4n) is 2.29. The van der Waals surface area contributed by atoms with Gasteiger partial charge < -0.3 is 4.74 Å². The van der Waals surface area contributed by atoms with Crippen LogP contribution in [0.2, 0.25) is 0 Å². The van der Waals surface area contributed by atoms with E-state index >= 15 is 0 Å². The Morgan fingerprint density at radius 1 is 0.950 bits per heavy atom. The van der Waals surface area contributed by atoms with Crippen LogP contribution in [0.25, 0.3) is 11.1 Å². The number of aryl methyl sites for hydroxylation is 1. The Kier molecular flexibility index (Phi) is 3.48. The van der Waals surface area contributed by atoms with E-state index in [1.807, 2.05) is 30.3 Å². The third kappa shape index (κ3) is 2.56. The zero-order valence-corrected chi connectivity index (χ0v) is 11.4. The molecule has 0 saturated heterocycles. The van der Waals surface area contributed by atoms with Crippen molar-refractivity contribution in [1.82, 2.24) is 0 Å². The minimum Gasteiger partial charge on any atom is -0.373 e. The highest BCUT2D eigenvalue weighted by atomic mass is 16.5. The third-order valence-electron chi connectivity index (χ3n) is 3.53. The van der Waals surface area contributed by atoms with Crippen LogP contribution >= 0.6 is 0 Å². The first-order valence-corrected chi connectivity index (χ1v) is 6.72. The Labute approximate surface area is 118 Å². The molecule has 0 atom stereocenters. The van der Waals surface area contributed by atoms with E-state index in [0.717, 1.165) is 22.3 Å². The summed E-state index contributed by atoms with van der Waals surface area (Å²) in [5.41, 5.74) is 5.01. The molecule has 2 heteroatoms. The average Bonchev–Trinajstić information content (AvgIpc) is 3.02. The van der Waals surface area contributed by atoms with Crippen molar-refractivity contribution in [3.05, 3.63) is 71.3 Å². The summed E-state index contributed by atoms with van der Waals surface area (Å²) in [7, 11) is 0. The average molecular weight is 264 g/mol. The highest BCUT2D eigenvalue weighted by Crippen LogP contribution is 2.21. The van der Waals surface area contributed by atoms with Gasteiger partial charge in [-0.1, -0.05) is 54.1 Å². The van der Waals surface area contributed by atoms with E-state index in [1.54, 1.807) is 0 Å². The molecule has 2 aromatic carbocycles. The fraction of sp³-hybridized carbons (Fsp3) is 0.167. The standard InChI is InChI=1S/C18H16O2/c1-13-2-4-14(5-3-13)15-6-8-16(9-7-15)18(19)17-10-11-20-12-17/h2-10H,11-12H2,1H3. The van der Waals surface area contributed by atoms with Crippen molar-refractivity contribution in [3.8, 4) is 11.1 Å². The van der Waals surface area contributed by atoms with Gasteiger partial charge in [-0.25, -0.2) is 0 Å². The second kappa shape index (κ2) is 5.43. The molecule has 0 unspecified atom stereocenters. The lowest BCUT2D eigenvalue weighted by atomic mass is 9.99. The van der Waals surface area contributed by atoms with E-state index in [9.17, 15) is 4.79 Å². The van der Waals surface area contributed by atoms with E-state index in [-0.39, 0.29) is 5.78 Å². The van der Waals surface area contributed by atoms with Crippen LogP contribution in [-0.2, 0) is 4.74 Å². The molecule has 0 amide bonds. The van der Waals surface area contributed by atoms with Crippen LogP contribution in [0.5, 0.6) is 0 Å². The zero-order valence-electron chi connectivity index (χ0n) is 11.4. The molecule has 0 fully saturated rings. The summed E-state index contributed by atoms with van der Waals surface area (Å²) in [6, 6.07) is 16.1. The van der Waals surface area contributed by atoms with Gasteiger partial charge in [0.05, 0.1) is 13.2 Å². The molecule has 0 radical (unpaired) electrons. The number of rotatable bonds is 3. The number of hydrogen-bond donors (Lipinski definition) is 0. The Hall–Kier alpha value is -2.19. The first-order chi connectivity index (χ1) is 9.74. The maximum absolute atomic E-state index is 12.2. The van der Waals surface area contributed by atoms with Gasteiger partial charge in [0.15, 0.2) is 5.78 Å². The van der Waals surface area contributed by atoms with E-state index in [4.69, 9.17) is 4.74 Å². The number of hydrogen-bond acceptors (Lipinski definition) is 2. The first kappa shape index (κ1) is 12.8. The summed E-state index contributed by atoms with van der Waals surface area (Å²) in [6.07, 6.45) is 1.86. The van der Waals surface area contributed by atoms with Crippen molar-refractivity contribution >= 4 is 5.78 Å². The molecule has 0 N–H and O–H groups in total. The quantitative estimate of drug-likeness (QED) is 0.788. The molecule has 100 valence electrons. The molecule has 1 aliphatic heterocycles. The van der Waals surface area contributed by atoms with Crippen LogP contribution in [-0.4, -0.2) is 19.0 Å². The molecule has 0 aromatic heterocycles.